The van der Waals surface area contributed by atoms with Crippen molar-refractivity contribution >= 4 is 34.6 Å². The maximum Gasteiger partial charge on any atom is 0.172 e. The number of nitrogens with zero attached hydrogens (tertiary/aromatic N) is 2. The zero-order valence-corrected chi connectivity index (χ0v) is 9.49. The minimum atomic E-state index is 0.996. The number of pyridine rings is 1. The van der Waals surface area contributed by atoms with E-state index in [-0.39, 0.29) is 0 Å². The highest BCUT2D eigenvalue weighted by molar-refractivity contribution is 8.15. The average molecular weight is 225 g/mol. The van der Waals surface area contributed by atoms with E-state index in [0.29, 0.717) is 0 Å². The van der Waals surface area contributed by atoms with Crippen LogP contribution in [0.3, 0.4) is 0 Å². The van der Waals surface area contributed by atoms with Gasteiger partial charge in [-0.15, -0.1) is 0 Å². The Morgan fingerprint density at radius 1 is 1.57 bits per heavy atom. The SMILES string of the molecule is CCCSC1=Nc2ccncc2SN1. The second-order valence-corrected chi connectivity index (χ2v) is 4.74. The third-order valence-electron chi connectivity index (χ3n) is 1.68. The number of aliphatic imine (C=N–C) groups is 1. The summed E-state index contributed by atoms with van der Waals surface area (Å²) in [4.78, 5) is 9.63. The van der Waals surface area contributed by atoms with E-state index in [2.05, 4.69) is 21.6 Å². The summed E-state index contributed by atoms with van der Waals surface area (Å²) in [5.41, 5.74) is 1.02. The Balaban J connectivity index is 2.14. The van der Waals surface area contributed by atoms with Crippen molar-refractivity contribution in [2.75, 3.05) is 5.75 Å². The van der Waals surface area contributed by atoms with Gasteiger partial charge in [-0.3, -0.25) is 4.98 Å². The van der Waals surface area contributed by atoms with Crippen LogP contribution < -0.4 is 4.72 Å². The van der Waals surface area contributed by atoms with E-state index in [0.717, 1.165) is 21.5 Å². The molecular formula is C9H11N3S2. The van der Waals surface area contributed by atoms with E-state index in [1.807, 2.05) is 12.3 Å². The zero-order chi connectivity index (χ0) is 9.80. The minimum absolute atomic E-state index is 0.996. The van der Waals surface area contributed by atoms with Crippen LogP contribution in [0, 0.1) is 0 Å². The van der Waals surface area contributed by atoms with Crippen LogP contribution in [0.2, 0.25) is 0 Å². The molecule has 0 radical (unpaired) electrons. The van der Waals surface area contributed by atoms with Crippen molar-refractivity contribution in [3.8, 4) is 0 Å². The maximum absolute atomic E-state index is 4.49. The summed E-state index contributed by atoms with van der Waals surface area (Å²) in [5.74, 6) is 1.10. The standard InChI is InChI=1S/C9H11N3S2/c1-2-5-13-9-11-7-3-4-10-6-8(7)14-12-9/h3-4,6H,2,5H2,1H3,(H,11,12). The fourth-order valence-electron chi connectivity index (χ4n) is 1.03. The van der Waals surface area contributed by atoms with Crippen molar-refractivity contribution in [1.82, 2.24) is 9.71 Å². The van der Waals surface area contributed by atoms with Gasteiger partial charge in [0.15, 0.2) is 5.17 Å². The maximum atomic E-state index is 4.49. The minimum Gasteiger partial charge on any atom is -0.305 e. The molecule has 0 aliphatic carbocycles. The first kappa shape index (κ1) is 9.86. The highest BCUT2D eigenvalue weighted by Gasteiger charge is 2.11. The molecule has 0 atom stereocenters. The lowest BCUT2D eigenvalue weighted by Gasteiger charge is -2.14. The fraction of sp³-hybridized carbons (Fsp3) is 0.333. The number of rotatable bonds is 2. The first-order valence-electron chi connectivity index (χ1n) is 4.48. The molecule has 74 valence electrons. The zero-order valence-electron chi connectivity index (χ0n) is 7.86. The van der Waals surface area contributed by atoms with Gasteiger partial charge in [0.05, 0.1) is 10.6 Å². The third-order valence-corrected chi connectivity index (χ3v) is 3.71. The second-order valence-electron chi connectivity index (χ2n) is 2.81. The topological polar surface area (TPSA) is 37.3 Å². The molecule has 0 fully saturated rings. The van der Waals surface area contributed by atoms with Crippen molar-refractivity contribution in [3.05, 3.63) is 18.5 Å². The van der Waals surface area contributed by atoms with Crippen molar-refractivity contribution in [3.63, 3.8) is 0 Å². The van der Waals surface area contributed by atoms with Crippen LogP contribution in [0.15, 0.2) is 28.3 Å². The Morgan fingerprint density at radius 3 is 3.36 bits per heavy atom. The van der Waals surface area contributed by atoms with Gasteiger partial charge in [0, 0.05) is 18.1 Å². The molecule has 1 aliphatic rings. The van der Waals surface area contributed by atoms with Crippen LogP contribution in [0.1, 0.15) is 13.3 Å². The number of nitrogens with one attached hydrogen (secondary N) is 1. The van der Waals surface area contributed by atoms with Gasteiger partial charge in [-0.2, -0.15) is 0 Å². The molecule has 5 heteroatoms. The van der Waals surface area contributed by atoms with Crippen molar-refractivity contribution in [1.29, 1.82) is 0 Å². The van der Waals surface area contributed by atoms with Crippen molar-refractivity contribution in [2.45, 2.75) is 18.2 Å². The van der Waals surface area contributed by atoms with Crippen LogP contribution in [0.5, 0.6) is 0 Å². The molecule has 0 aromatic carbocycles. The van der Waals surface area contributed by atoms with Gasteiger partial charge in [0.2, 0.25) is 0 Å². The molecule has 1 aliphatic heterocycles. The van der Waals surface area contributed by atoms with E-state index < -0.39 is 0 Å². The Hall–Kier alpha value is -0.680. The molecule has 3 nitrogen and oxygen atoms in total. The summed E-state index contributed by atoms with van der Waals surface area (Å²) in [6, 6.07) is 1.94. The average Bonchev–Trinajstić information content (AvgIpc) is 2.26. The van der Waals surface area contributed by atoms with Gasteiger partial charge in [-0.1, -0.05) is 18.7 Å². The summed E-state index contributed by atoms with van der Waals surface area (Å²) in [5, 5.41) is 0.996. The molecule has 1 N–H and O–H groups in total. The number of fused-ring (bicyclic) bond motifs is 1. The van der Waals surface area contributed by atoms with Gasteiger partial charge >= 0.3 is 0 Å². The Kier molecular flexibility index (Phi) is 3.31. The van der Waals surface area contributed by atoms with Gasteiger partial charge < -0.3 is 4.72 Å². The van der Waals surface area contributed by atoms with E-state index >= 15 is 0 Å². The van der Waals surface area contributed by atoms with Crippen LogP contribution in [0.4, 0.5) is 5.69 Å². The van der Waals surface area contributed by atoms with Crippen LogP contribution in [-0.2, 0) is 0 Å². The largest absolute Gasteiger partial charge is 0.305 e. The first-order chi connectivity index (χ1) is 6.90. The number of thioether (sulfide) groups is 1. The third kappa shape index (κ3) is 2.22. The molecule has 0 saturated heterocycles. The molecule has 14 heavy (non-hydrogen) atoms. The Bertz CT molecular complexity index is 352. The number of aromatic nitrogens is 1. The van der Waals surface area contributed by atoms with Gasteiger partial charge in [0.1, 0.15) is 0 Å². The predicted octanol–water partition coefficient (Wildman–Crippen LogP) is 2.82. The summed E-state index contributed by atoms with van der Waals surface area (Å²) in [6.07, 6.45) is 4.77. The Morgan fingerprint density at radius 2 is 2.50 bits per heavy atom. The van der Waals surface area contributed by atoms with E-state index in [1.54, 1.807) is 29.9 Å². The second kappa shape index (κ2) is 4.70. The molecule has 0 unspecified atom stereocenters. The Labute approximate surface area is 91.9 Å². The predicted molar refractivity (Wildman–Crippen MR) is 63.1 cm³/mol. The van der Waals surface area contributed by atoms with E-state index in [1.165, 1.54) is 6.42 Å². The van der Waals surface area contributed by atoms with E-state index in [9.17, 15) is 0 Å². The molecule has 0 spiro atoms. The van der Waals surface area contributed by atoms with Gasteiger partial charge in [-0.25, -0.2) is 4.99 Å². The number of amidine groups is 1. The molecule has 1 aromatic heterocycles. The van der Waals surface area contributed by atoms with E-state index in [4.69, 9.17) is 0 Å². The highest BCUT2D eigenvalue weighted by atomic mass is 32.2. The van der Waals surface area contributed by atoms with Gasteiger partial charge in [-0.05, 0) is 24.4 Å². The normalized spacial score (nSPS) is 14.2. The molecular weight excluding hydrogens is 214 g/mol. The lowest BCUT2D eigenvalue weighted by molar-refractivity contribution is 1.11. The molecule has 2 heterocycles. The summed E-state index contributed by atoms with van der Waals surface area (Å²) in [6.45, 7) is 2.17. The van der Waals surface area contributed by atoms with Crippen molar-refractivity contribution < 1.29 is 0 Å². The first-order valence-corrected chi connectivity index (χ1v) is 6.28. The molecule has 0 saturated carbocycles. The lowest BCUT2D eigenvalue weighted by Crippen LogP contribution is -2.15. The number of hydrogen-bond acceptors (Lipinski definition) is 5. The molecule has 0 bridgehead atoms. The van der Waals surface area contributed by atoms with Crippen LogP contribution >= 0.6 is 23.7 Å². The molecule has 1 aromatic rings. The highest BCUT2D eigenvalue weighted by Crippen LogP contribution is 2.31. The fourth-order valence-corrected chi connectivity index (χ4v) is 2.53. The lowest BCUT2D eigenvalue weighted by atomic mass is 10.4. The molecule has 0 amide bonds. The van der Waals surface area contributed by atoms with Crippen LogP contribution in [0.25, 0.3) is 0 Å². The quantitative estimate of drug-likeness (QED) is 0.785. The summed E-state index contributed by atoms with van der Waals surface area (Å²) in [7, 11) is 0. The summed E-state index contributed by atoms with van der Waals surface area (Å²) < 4.78 is 3.20. The number of hydrogen-bond donors (Lipinski definition) is 1. The molecule has 2 rings (SSSR count). The smallest absolute Gasteiger partial charge is 0.172 e. The van der Waals surface area contributed by atoms with Gasteiger partial charge in [0.25, 0.3) is 0 Å². The van der Waals surface area contributed by atoms with Crippen LogP contribution in [-0.4, -0.2) is 15.9 Å². The summed E-state index contributed by atoms with van der Waals surface area (Å²) >= 11 is 3.34. The van der Waals surface area contributed by atoms with Crippen molar-refractivity contribution in [2.24, 2.45) is 4.99 Å². The monoisotopic (exact) mass is 225 g/mol.